The molecule has 1 aromatic carbocycles. The molecule has 0 amide bonds. The topological polar surface area (TPSA) is 21.7 Å². The molecule has 1 aromatic rings. The zero-order valence-electron chi connectivity index (χ0n) is 10.8. The first-order chi connectivity index (χ1) is 8.75. The van der Waals surface area contributed by atoms with Crippen molar-refractivity contribution in [1.29, 1.82) is 0 Å². The average Bonchev–Trinajstić information content (AvgIpc) is 2.38. The number of aryl methyl sites for hydroxylation is 1. The fraction of sp³-hybridized carbons (Fsp3) is 0.571. The zero-order valence-corrected chi connectivity index (χ0v) is 10.8. The van der Waals surface area contributed by atoms with E-state index in [2.05, 4.69) is 4.90 Å². The van der Waals surface area contributed by atoms with Crippen LogP contribution in [-0.2, 0) is 4.74 Å². The van der Waals surface area contributed by atoms with Crippen molar-refractivity contribution in [3.63, 3.8) is 0 Å². The van der Waals surface area contributed by atoms with E-state index in [1.807, 2.05) is 13.0 Å². The zero-order chi connectivity index (χ0) is 12.8. The summed E-state index contributed by atoms with van der Waals surface area (Å²) in [4.78, 5) is 2.35. The lowest BCUT2D eigenvalue weighted by atomic mass is 10.2. The van der Waals surface area contributed by atoms with Gasteiger partial charge in [-0.1, -0.05) is 6.07 Å². The van der Waals surface area contributed by atoms with Gasteiger partial charge in [-0.3, -0.25) is 4.90 Å². The van der Waals surface area contributed by atoms with Gasteiger partial charge in [0, 0.05) is 19.6 Å². The number of halogens is 1. The molecule has 1 aliphatic heterocycles. The Labute approximate surface area is 107 Å². The van der Waals surface area contributed by atoms with E-state index in [1.54, 1.807) is 6.07 Å². The lowest BCUT2D eigenvalue weighted by Crippen LogP contribution is -2.37. The number of hydrogen-bond acceptors (Lipinski definition) is 3. The summed E-state index contributed by atoms with van der Waals surface area (Å²) in [6, 6.07) is 5.05. The second-order valence-electron chi connectivity index (χ2n) is 4.59. The van der Waals surface area contributed by atoms with Gasteiger partial charge in [-0.15, -0.1) is 0 Å². The summed E-state index contributed by atoms with van der Waals surface area (Å²) in [6.07, 6.45) is 0.910. The molecule has 0 atom stereocenters. The summed E-state index contributed by atoms with van der Waals surface area (Å²) in [5.41, 5.74) is 0.910. The van der Waals surface area contributed by atoms with Crippen molar-refractivity contribution < 1.29 is 13.9 Å². The predicted molar refractivity (Wildman–Crippen MR) is 68.5 cm³/mol. The van der Waals surface area contributed by atoms with Crippen molar-refractivity contribution >= 4 is 0 Å². The third-order valence-corrected chi connectivity index (χ3v) is 3.07. The van der Waals surface area contributed by atoms with Crippen LogP contribution in [0.4, 0.5) is 4.39 Å². The highest BCUT2D eigenvalue weighted by atomic mass is 19.1. The van der Waals surface area contributed by atoms with E-state index in [-0.39, 0.29) is 5.82 Å². The van der Waals surface area contributed by atoms with Gasteiger partial charge in [-0.05, 0) is 31.0 Å². The quantitative estimate of drug-likeness (QED) is 0.751. The monoisotopic (exact) mass is 253 g/mol. The van der Waals surface area contributed by atoms with Crippen molar-refractivity contribution in [2.45, 2.75) is 13.3 Å². The number of nitrogens with zero attached hydrogens (tertiary/aromatic N) is 1. The van der Waals surface area contributed by atoms with E-state index in [4.69, 9.17) is 9.47 Å². The SMILES string of the molecule is Cc1ccc(OCCCN2CCOCC2)c(F)c1. The molecule has 0 unspecified atom stereocenters. The van der Waals surface area contributed by atoms with Crippen molar-refractivity contribution in [1.82, 2.24) is 4.90 Å². The van der Waals surface area contributed by atoms with Gasteiger partial charge >= 0.3 is 0 Å². The molecule has 0 saturated carbocycles. The number of ether oxygens (including phenoxy) is 2. The van der Waals surface area contributed by atoms with E-state index in [0.29, 0.717) is 12.4 Å². The average molecular weight is 253 g/mol. The summed E-state index contributed by atoms with van der Waals surface area (Å²) in [5.74, 6) is 0.0731. The van der Waals surface area contributed by atoms with Crippen LogP contribution >= 0.6 is 0 Å². The van der Waals surface area contributed by atoms with Crippen LogP contribution in [0.5, 0.6) is 5.75 Å². The molecule has 1 fully saturated rings. The van der Waals surface area contributed by atoms with Crippen LogP contribution in [0.15, 0.2) is 18.2 Å². The van der Waals surface area contributed by atoms with Gasteiger partial charge in [-0.25, -0.2) is 4.39 Å². The molecule has 3 nitrogen and oxygen atoms in total. The molecule has 0 radical (unpaired) electrons. The molecule has 2 rings (SSSR count). The van der Waals surface area contributed by atoms with E-state index in [1.165, 1.54) is 6.07 Å². The first-order valence-electron chi connectivity index (χ1n) is 6.45. The molecule has 0 spiro atoms. The molecule has 1 saturated heterocycles. The van der Waals surface area contributed by atoms with Gasteiger partial charge in [0.25, 0.3) is 0 Å². The van der Waals surface area contributed by atoms with E-state index < -0.39 is 0 Å². The lowest BCUT2D eigenvalue weighted by Gasteiger charge is -2.26. The normalized spacial score (nSPS) is 16.8. The Morgan fingerprint density at radius 2 is 2.11 bits per heavy atom. The molecular formula is C14H20FNO2. The number of morpholine rings is 1. The molecule has 0 aliphatic carbocycles. The van der Waals surface area contributed by atoms with Crippen molar-refractivity contribution in [2.24, 2.45) is 0 Å². The van der Waals surface area contributed by atoms with E-state index in [0.717, 1.165) is 44.8 Å². The number of rotatable bonds is 5. The van der Waals surface area contributed by atoms with Crippen LogP contribution < -0.4 is 4.74 Å². The minimum absolute atomic E-state index is 0.277. The Balaban J connectivity index is 1.68. The maximum atomic E-state index is 13.5. The Kier molecular flexibility index (Phi) is 4.96. The summed E-state index contributed by atoms with van der Waals surface area (Å²) in [6.45, 7) is 7.00. The maximum absolute atomic E-state index is 13.5. The third-order valence-electron chi connectivity index (χ3n) is 3.07. The number of hydrogen-bond donors (Lipinski definition) is 0. The van der Waals surface area contributed by atoms with Crippen LogP contribution in [0.3, 0.4) is 0 Å². The summed E-state index contributed by atoms with van der Waals surface area (Å²) in [5, 5.41) is 0. The van der Waals surface area contributed by atoms with Gasteiger partial charge < -0.3 is 9.47 Å². The van der Waals surface area contributed by atoms with Gasteiger partial charge in [0.05, 0.1) is 19.8 Å². The molecule has 0 bridgehead atoms. The van der Waals surface area contributed by atoms with Crippen molar-refractivity contribution in [3.8, 4) is 5.75 Å². The fourth-order valence-electron chi connectivity index (χ4n) is 2.02. The summed E-state index contributed by atoms with van der Waals surface area (Å²) in [7, 11) is 0. The standard InChI is InChI=1S/C14H20FNO2/c1-12-3-4-14(13(15)11-12)18-8-2-5-16-6-9-17-10-7-16/h3-4,11H,2,5-10H2,1H3. The van der Waals surface area contributed by atoms with Crippen LogP contribution in [0.25, 0.3) is 0 Å². The van der Waals surface area contributed by atoms with Gasteiger partial charge in [0.15, 0.2) is 11.6 Å². The Hall–Kier alpha value is -1.13. The highest BCUT2D eigenvalue weighted by Crippen LogP contribution is 2.17. The molecule has 1 aliphatic rings. The first-order valence-corrected chi connectivity index (χ1v) is 6.45. The third kappa shape index (κ3) is 3.96. The van der Waals surface area contributed by atoms with Gasteiger partial charge in [0.1, 0.15) is 0 Å². The molecule has 1 heterocycles. The predicted octanol–water partition coefficient (Wildman–Crippen LogP) is 2.24. The maximum Gasteiger partial charge on any atom is 0.165 e. The van der Waals surface area contributed by atoms with E-state index >= 15 is 0 Å². The minimum atomic E-state index is -0.277. The molecule has 100 valence electrons. The van der Waals surface area contributed by atoms with Crippen molar-refractivity contribution in [2.75, 3.05) is 39.5 Å². The Bertz CT molecular complexity index is 378. The highest BCUT2D eigenvalue weighted by Gasteiger charge is 2.09. The van der Waals surface area contributed by atoms with Crippen LogP contribution in [-0.4, -0.2) is 44.4 Å². The molecular weight excluding hydrogens is 233 g/mol. The molecule has 18 heavy (non-hydrogen) atoms. The summed E-state index contributed by atoms with van der Waals surface area (Å²) >= 11 is 0. The molecule has 0 aromatic heterocycles. The molecule has 4 heteroatoms. The highest BCUT2D eigenvalue weighted by molar-refractivity contribution is 5.28. The largest absolute Gasteiger partial charge is 0.490 e. The van der Waals surface area contributed by atoms with Gasteiger partial charge in [-0.2, -0.15) is 0 Å². The van der Waals surface area contributed by atoms with Crippen molar-refractivity contribution in [3.05, 3.63) is 29.6 Å². The second-order valence-corrected chi connectivity index (χ2v) is 4.59. The van der Waals surface area contributed by atoms with Crippen LogP contribution in [0.2, 0.25) is 0 Å². The lowest BCUT2D eigenvalue weighted by molar-refractivity contribution is 0.0357. The summed E-state index contributed by atoms with van der Waals surface area (Å²) < 4.78 is 24.2. The Morgan fingerprint density at radius 3 is 2.83 bits per heavy atom. The number of benzene rings is 1. The smallest absolute Gasteiger partial charge is 0.165 e. The first kappa shape index (κ1) is 13.3. The van der Waals surface area contributed by atoms with Crippen LogP contribution in [0.1, 0.15) is 12.0 Å². The minimum Gasteiger partial charge on any atom is -0.490 e. The second kappa shape index (κ2) is 6.71. The Morgan fingerprint density at radius 1 is 1.33 bits per heavy atom. The van der Waals surface area contributed by atoms with Gasteiger partial charge in [0.2, 0.25) is 0 Å². The van der Waals surface area contributed by atoms with Crippen LogP contribution in [0, 0.1) is 12.7 Å². The fourth-order valence-corrected chi connectivity index (χ4v) is 2.02. The molecule has 0 N–H and O–H groups in total. The van der Waals surface area contributed by atoms with E-state index in [9.17, 15) is 4.39 Å².